The molecule has 2 fully saturated rings. The second-order valence-electron chi connectivity index (χ2n) is 7.65. The highest BCUT2D eigenvalue weighted by Gasteiger charge is 2.32. The second kappa shape index (κ2) is 12.7. The molecule has 9 heteroatoms. The van der Waals surface area contributed by atoms with E-state index >= 15 is 0 Å². The Hall–Kier alpha value is -1.91. The Balaban J connectivity index is 0.00000320. The molecule has 1 aromatic heterocycles. The van der Waals surface area contributed by atoms with E-state index < -0.39 is 0 Å². The lowest BCUT2D eigenvalue weighted by atomic mass is 10.1. The van der Waals surface area contributed by atoms with Gasteiger partial charge in [-0.3, -0.25) is 19.6 Å². The molecule has 3 N–H and O–H groups in total. The van der Waals surface area contributed by atoms with E-state index in [0.29, 0.717) is 24.6 Å². The summed E-state index contributed by atoms with van der Waals surface area (Å²) in [7, 11) is 0. The monoisotopic (exact) mass is 528 g/mol. The standard InChI is InChI=1S/C21H32N6O2.HI/c1-2-23-21(25-12-11-24-19(28)17-8-5-10-22-14-17)26-18-9-13-27(15-18)20(29)16-6-3-4-7-16;/h5,8,10,14,16,18H,2-4,6-7,9,11-13,15H2,1H3,(H,24,28)(H2,23,25,26);1H. The number of guanidine groups is 1. The number of carbonyl (C=O) groups is 2. The van der Waals surface area contributed by atoms with Crippen molar-refractivity contribution in [2.45, 2.75) is 45.1 Å². The molecule has 3 rings (SSSR count). The number of carbonyl (C=O) groups excluding carboxylic acids is 2. The van der Waals surface area contributed by atoms with Crippen LogP contribution >= 0.6 is 24.0 Å². The molecule has 166 valence electrons. The third kappa shape index (κ3) is 7.10. The molecule has 1 aliphatic heterocycles. The third-order valence-corrected chi connectivity index (χ3v) is 5.48. The van der Waals surface area contributed by atoms with E-state index in [0.717, 1.165) is 44.9 Å². The van der Waals surface area contributed by atoms with Crippen molar-refractivity contribution in [2.75, 3.05) is 32.7 Å². The van der Waals surface area contributed by atoms with Gasteiger partial charge in [0.15, 0.2) is 5.96 Å². The van der Waals surface area contributed by atoms with Gasteiger partial charge in [0.25, 0.3) is 5.91 Å². The number of hydrogen-bond acceptors (Lipinski definition) is 4. The minimum Gasteiger partial charge on any atom is -0.357 e. The number of nitrogens with one attached hydrogen (secondary N) is 3. The van der Waals surface area contributed by atoms with Gasteiger partial charge in [-0.25, -0.2) is 0 Å². The number of pyridine rings is 1. The number of rotatable bonds is 7. The van der Waals surface area contributed by atoms with Gasteiger partial charge in [0.05, 0.1) is 12.1 Å². The summed E-state index contributed by atoms with van der Waals surface area (Å²) in [6.45, 7) is 5.24. The molecule has 1 saturated heterocycles. The van der Waals surface area contributed by atoms with E-state index in [-0.39, 0.29) is 41.8 Å². The predicted octanol–water partition coefficient (Wildman–Crippen LogP) is 1.78. The van der Waals surface area contributed by atoms with Crippen molar-refractivity contribution in [3.8, 4) is 0 Å². The molecule has 0 bridgehead atoms. The minimum atomic E-state index is -0.150. The fraction of sp³-hybridized carbons (Fsp3) is 0.619. The lowest BCUT2D eigenvalue weighted by molar-refractivity contribution is -0.134. The first-order chi connectivity index (χ1) is 14.2. The molecule has 2 heterocycles. The summed E-state index contributed by atoms with van der Waals surface area (Å²) in [5.74, 6) is 1.14. The van der Waals surface area contributed by atoms with Crippen LogP contribution in [0.25, 0.3) is 0 Å². The van der Waals surface area contributed by atoms with Gasteiger partial charge < -0.3 is 20.9 Å². The number of nitrogens with zero attached hydrogens (tertiary/aromatic N) is 3. The first-order valence-corrected chi connectivity index (χ1v) is 10.7. The summed E-state index contributed by atoms with van der Waals surface area (Å²) in [4.78, 5) is 35.1. The number of aromatic nitrogens is 1. The molecule has 30 heavy (non-hydrogen) atoms. The van der Waals surface area contributed by atoms with Crippen LogP contribution in [0.2, 0.25) is 0 Å². The van der Waals surface area contributed by atoms with Gasteiger partial charge in [-0.05, 0) is 38.3 Å². The second-order valence-corrected chi connectivity index (χ2v) is 7.65. The SMILES string of the molecule is CCNC(=NCCNC(=O)c1cccnc1)NC1CCN(C(=O)C2CCCC2)C1.I. The van der Waals surface area contributed by atoms with Crippen molar-refractivity contribution >= 4 is 41.8 Å². The Morgan fingerprint density at radius 2 is 2.03 bits per heavy atom. The molecule has 1 unspecified atom stereocenters. The van der Waals surface area contributed by atoms with Gasteiger partial charge >= 0.3 is 0 Å². The molecule has 1 saturated carbocycles. The van der Waals surface area contributed by atoms with Gasteiger partial charge in [-0.15, -0.1) is 24.0 Å². The maximum Gasteiger partial charge on any atom is 0.252 e. The van der Waals surface area contributed by atoms with Crippen molar-refractivity contribution < 1.29 is 9.59 Å². The molecule has 1 aromatic rings. The number of halogens is 1. The van der Waals surface area contributed by atoms with E-state index in [1.807, 2.05) is 11.8 Å². The van der Waals surface area contributed by atoms with Crippen molar-refractivity contribution in [1.82, 2.24) is 25.8 Å². The van der Waals surface area contributed by atoms with E-state index in [4.69, 9.17) is 0 Å². The zero-order chi connectivity index (χ0) is 20.5. The normalized spacial score (nSPS) is 19.3. The van der Waals surface area contributed by atoms with Gasteiger partial charge in [0, 0.05) is 50.5 Å². The van der Waals surface area contributed by atoms with E-state index in [9.17, 15) is 9.59 Å². The maximum absolute atomic E-state index is 12.6. The van der Waals surface area contributed by atoms with Crippen LogP contribution in [0.5, 0.6) is 0 Å². The van der Waals surface area contributed by atoms with Crippen LogP contribution in [-0.4, -0.2) is 66.4 Å². The molecular formula is C21H33IN6O2. The molecule has 1 atom stereocenters. The highest BCUT2D eigenvalue weighted by atomic mass is 127. The number of likely N-dealkylation sites (tertiary alicyclic amines) is 1. The lowest BCUT2D eigenvalue weighted by Gasteiger charge is -2.21. The first-order valence-electron chi connectivity index (χ1n) is 10.7. The fourth-order valence-corrected chi connectivity index (χ4v) is 3.96. The molecule has 0 radical (unpaired) electrons. The molecule has 0 aromatic carbocycles. The van der Waals surface area contributed by atoms with Crippen LogP contribution in [0.3, 0.4) is 0 Å². The zero-order valence-electron chi connectivity index (χ0n) is 17.6. The maximum atomic E-state index is 12.6. The Morgan fingerprint density at radius 3 is 2.73 bits per heavy atom. The molecule has 0 spiro atoms. The molecule has 1 aliphatic carbocycles. The van der Waals surface area contributed by atoms with Crippen molar-refractivity contribution in [3.63, 3.8) is 0 Å². The molecule has 2 amide bonds. The van der Waals surface area contributed by atoms with Crippen molar-refractivity contribution in [1.29, 1.82) is 0 Å². The lowest BCUT2D eigenvalue weighted by Crippen LogP contribution is -2.45. The predicted molar refractivity (Wildman–Crippen MR) is 128 cm³/mol. The van der Waals surface area contributed by atoms with E-state index in [2.05, 4.69) is 25.9 Å². The van der Waals surface area contributed by atoms with Gasteiger partial charge in [0.1, 0.15) is 0 Å². The quantitative estimate of drug-likeness (QED) is 0.217. The highest BCUT2D eigenvalue weighted by molar-refractivity contribution is 14.0. The third-order valence-electron chi connectivity index (χ3n) is 5.48. The average molecular weight is 528 g/mol. The van der Waals surface area contributed by atoms with Gasteiger partial charge in [-0.1, -0.05) is 12.8 Å². The zero-order valence-corrected chi connectivity index (χ0v) is 19.9. The largest absolute Gasteiger partial charge is 0.357 e. The Labute approximate surface area is 195 Å². The Morgan fingerprint density at radius 1 is 1.23 bits per heavy atom. The fourth-order valence-electron chi connectivity index (χ4n) is 3.96. The molecule has 8 nitrogen and oxygen atoms in total. The number of hydrogen-bond donors (Lipinski definition) is 3. The summed E-state index contributed by atoms with van der Waals surface area (Å²) >= 11 is 0. The van der Waals surface area contributed by atoms with Crippen molar-refractivity contribution in [2.24, 2.45) is 10.9 Å². The smallest absolute Gasteiger partial charge is 0.252 e. The van der Waals surface area contributed by atoms with Crippen LogP contribution in [0.4, 0.5) is 0 Å². The summed E-state index contributed by atoms with van der Waals surface area (Å²) in [5, 5.41) is 9.52. The average Bonchev–Trinajstić information content (AvgIpc) is 3.43. The van der Waals surface area contributed by atoms with Crippen molar-refractivity contribution in [3.05, 3.63) is 30.1 Å². The first kappa shape index (κ1) is 24.4. The van der Waals surface area contributed by atoms with E-state index in [1.54, 1.807) is 24.5 Å². The number of amides is 2. The van der Waals surface area contributed by atoms with Crippen LogP contribution in [0.1, 0.15) is 49.4 Å². The Bertz CT molecular complexity index is 709. The summed E-state index contributed by atoms with van der Waals surface area (Å²) in [6, 6.07) is 3.68. The number of aliphatic imine (C=N–C) groups is 1. The molecular weight excluding hydrogens is 495 g/mol. The summed E-state index contributed by atoms with van der Waals surface area (Å²) in [5.41, 5.74) is 0.541. The van der Waals surface area contributed by atoms with Gasteiger partial charge in [0.2, 0.25) is 5.91 Å². The highest BCUT2D eigenvalue weighted by Crippen LogP contribution is 2.27. The summed E-state index contributed by atoms with van der Waals surface area (Å²) in [6.07, 6.45) is 8.57. The Kier molecular flexibility index (Phi) is 10.3. The van der Waals surface area contributed by atoms with E-state index in [1.165, 1.54) is 12.8 Å². The van der Waals surface area contributed by atoms with Crippen LogP contribution in [0.15, 0.2) is 29.5 Å². The summed E-state index contributed by atoms with van der Waals surface area (Å²) < 4.78 is 0. The van der Waals surface area contributed by atoms with Crippen LogP contribution in [-0.2, 0) is 4.79 Å². The van der Waals surface area contributed by atoms with Crippen LogP contribution < -0.4 is 16.0 Å². The van der Waals surface area contributed by atoms with Gasteiger partial charge in [-0.2, -0.15) is 0 Å². The molecule has 2 aliphatic rings. The minimum absolute atomic E-state index is 0. The van der Waals surface area contributed by atoms with Crippen LogP contribution in [0, 0.1) is 5.92 Å². The topological polar surface area (TPSA) is 98.7 Å².